The Labute approximate surface area is 138 Å². The van der Waals surface area contributed by atoms with Gasteiger partial charge in [-0.2, -0.15) is 0 Å². The Morgan fingerprint density at radius 1 is 1.00 bits per heavy atom. The summed E-state index contributed by atoms with van der Waals surface area (Å²) in [6.45, 7) is 0. The number of anilines is 1. The predicted molar refractivity (Wildman–Crippen MR) is 95.8 cm³/mol. The van der Waals surface area contributed by atoms with Crippen molar-refractivity contribution in [3.05, 3.63) is 47.7 Å². The van der Waals surface area contributed by atoms with E-state index in [1.807, 2.05) is 6.20 Å². The van der Waals surface area contributed by atoms with Crippen LogP contribution in [0.2, 0.25) is 0 Å². The third kappa shape index (κ3) is 2.74. The molecule has 1 aromatic carbocycles. The van der Waals surface area contributed by atoms with E-state index in [1.54, 1.807) is 0 Å². The maximum atomic E-state index is 4.68. The highest BCUT2D eigenvalue weighted by molar-refractivity contribution is 5.84. The molecule has 3 nitrogen and oxygen atoms in total. The zero-order valence-corrected chi connectivity index (χ0v) is 14.0. The number of rotatable bonds is 3. The van der Waals surface area contributed by atoms with Gasteiger partial charge in [-0.25, -0.2) is 4.98 Å². The van der Waals surface area contributed by atoms with Gasteiger partial charge < -0.3 is 10.2 Å². The van der Waals surface area contributed by atoms with Crippen molar-refractivity contribution in [3.8, 4) is 11.1 Å². The minimum atomic E-state index is 0.554. The van der Waals surface area contributed by atoms with Gasteiger partial charge >= 0.3 is 0 Å². The molecule has 1 saturated carbocycles. The summed E-state index contributed by atoms with van der Waals surface area (Å²) in [5.41, 5.74) is 5.53. The smallest absolute Gasteiger partial charge is 0.134 e. The molecule has 0 aliphatic heterocycles. The van der Waals surface area contributed by atoms with Gasteiger partial charge in [0.1, 0.15) is 5.82 Å². The molecule has 0 unspecified atom stereocenters. The van der Waals surface area contributed by atoms with Crippen LogP contribution < -0.4 is 5.32 Å². The number of pyridine rings is 1. The number of nitrogens with zero attached hydrogens (tertiary/aromatic N) is 2. The SMILES string of the molecule is CN(C)C1CCC(Nc2nccc3c2-c2ccccc2C3)CC1. The zero-order valence-electron chi connectivity index (χ0n) is 14.0. The van der Waals surface area contributed by atoms with Crippen LogP contribution in [0.3, 0.4) is 0 Å². The van der Waals surface area contributed by atoms with Crippen LogP contribution in [-0.2, 0) is 6.42 Å². The molecule has 2 aromatic rings. The van der Waals surface area contributed by atoms with Crippen LogP contribution in [0.25, 0.3) is 11.1 Å². The highest BCUT2D eigenvalue weighted by Gasteiger charge is 2.26. The Balaban J connectivity index is 1.55. The number of hydrogen-bond acceptors (Lipinski definition) is 3. The second-order valence-electron chi connectivity index (χ2n) is 7.14. The molecule has 23 heavy (non-hydrogen) atoms. The van der Waals surface area contributed by atoms with Gasteiger partial charge in [-0.05, 0) is 69.0 Å². The average molecular weight is 307 g/mol. The summed E-state index contributed by atoms with van der Waals surface area (Å²) in [6.07, 6.45) is 8.01. The zero-order chi connectivity index (χ0) is 15.8. The third-order valence-corrected chi connectivity index (χ3v) is 5.47. The van der Waals surface area contributed by atoms with Crippen molar-refractivity contribution in [3.63, 3.8) is 0 Å². The molecule has 0 radical (unpaired) electrons. The highest BCUT2D eigenvalue weighted by Crippen LogP contribution is 2.40. The van der Waals surface area contributed by atoms with Crippen molar-refractivity contribution in [2.24, 2.45) is 0 Å². The molecule has 1 heterocycles. The van der Waals surface area contributed by atoms with Crippen LogP contribution in [0.1, 0.15) is 36.8 Å². The molecule has 0 saturated heterocycles. The van der Waals surface area contributed by atoms with Crippen LogP contribution >= 0.6 is 0 Å². The van der Waals surface area contributed by atoms with Gasteiger partial charge in [-0.15, -0.1) is 0 Å². The van der Waals surface area contributed by atoms with Crippen molar-refractivity contribution in [1.29, 1.82) is 0 Å². The Hall–Kier alpha value is -1.87. The minimum absolute atomic E-state index is 0.554. The van der Waals surface area contributed by atoms with E-state index in [2.05, 4.69) is 59.6 Å². The normalized spacial score (nSPS) is 22.7. The Morgan fingerprint density at radius 2 is 1.78 bits per heavy atom. The largest absolute Gasteiger partial charge is 0.367 e. The number of nitrogens with one attached hydrogen (secondary N) is 1. The Morgan fingerprint density at radius 3 is 2.57 bits per heavy atom. The van der Waals surface area contributed by atoms with Crippen LogP contribution in [0, 0.1) is 0 Å². The maximum Gasteiger partial charge on any atom is 0.134 e. The van der Waals surface area contributed by atoms with E-state index in [0.29, 0.717) is 6.04 Å². The van der Waals surface area contributed by atoms with Gasteiger partial charge in [0.15, 0.2) is 0 Å². The fourth-order valence-electron chi connectivity index (χ4n) is 4.11. The molecule has 4 rings (SSSR count). The van der Waals surface area contributed by atoms with Gasteiger partial charge in [0.05, 0.1) is 0 Å². The average Bonchev–Trinajstić information content (AvgIpc) is 2.95. The summed E-state index contributed by atoms with van der Waals surface area (Å²) in [5, 5.41) is 3.75. The molecule has 0 spiro atoms. The van der Waals surface area contributed by atoms with Crippen molar-refractivity contribution in [2.45, 2.75) is 44.2 Å². The van der Waals surface area contributed by atoms with E-state index < -0.39 is 0 Å². The van der Waals surface area contributed by atoms with Crippen LogP contribution in [0.15, 0.2) is 36.5 Å². The topological polar surface area (TPSA) is 28.2 Å². The molecule has 1 aromatic heterocycles. The van der Waals surface area contributed by atoms with E-state index >= 15 is 0 Å². The molecule has 1 fully saturated rings. The van der Waals surface area contributed by atoms with Gasteiger partial charge in [0.2, 0.25) is 0 Å². The monoisotopic (exact) mass is 307 g/mol. The summed E-state index contributed by atoms with van der Waals surface area (Å²) >= 11 is 0. The summed E-state index contributed by atoms with van der Waals surface area (Å²) in [6, 6.07) is 12.2. The minimum Gasteiger partial charge on any atom is -0.367 e. The van der Waals surface area contributed by atoms with Crippen molar-refractivity contribution >= 4 is 5.82 Å². The van der Waals surface area contributed by atoms with Crippen LogP contribution in [0.5, 0.6) is 0 Å². The predicted octanol–water partition coefficient (Wildman–Crippen LogP) is 3.94. The number of aromatic nitrogens is 1. The second kappa shape index (κ2) is 5.97. The molecular weight excluding hydrogens is 282 g/mol. The van der Waals surface area contributed by atoms with E-state index in [9.17, 15) is 0 Å². The van der Waals surface area contributed by atoms with Gasteiger partial charge in [0, 0.05) is 23.8 Å². The molecule has 1 N–H and O–H groups in total. The highest BCUT2D eigenvalue weighted by atomic mass is 15.1. The fourth-order valence-corrected chi connectivity index (χ4v) is 4.11. The lowest BCUT2D eigenvalue weighted by atomic mass is 9.90. The lowest BCUT2D eigenvalue weighted by molar-refractivity contribution is 0.221. The molecule has 2 aliphatic rings. The summed E-state index contributed by atoms with van der Waals surface area (Å²) in [5.74, 6) is 1.08. The van der Waals surface area contributed by atoms with E-state index in [1.165, 1.54) is 47.9 Å². The summed E-state index contributed by atoms with van der Waals surface area (Å²) < 4.78 is 0. The van der Waals surface area contributed by atoms with Crippen LogP contribution in [-0.4, -0.2) is 36.1 Å². The van der Waals surface area contributed by atoms with E-state index in [0.717, 1.165) is 18.3 Å². The maximum absolute atomic E-state index is 4.68. The molecule has 2 aliphatic carbocycles. The fraction of sp³-hybridized carbons (Fsp3) is 0.450. The van der Waals surface area contributed by atoms with Crippen molar-refractivity contribution < 1.29 is 0 Å². The summed E-state index contributed by atoms with van der Waals surface area (Å²) in [4.78, 5) is 7.04. The summed E-state index contributed by atoms with van der Waals surface area (Å²) in [7, 11) is 4.39. The van der Waals surface area contributed by atoms with Crippen molar-refractivity contribution in [2.75, 3.05) is 19.4 Å². The van der Waals surface area contributed by atoms with Gasteiger partial charge in [-0.1, -0.05) is 24.3 Å². The Kier molecular flexibility index (Phi) is 3.82. The second-order valence-corrected chi connectivity index (χ2v) is 7.14. The lowest BCUT2D eigenvalue weighted by Crippen LogP contribution is -2.36. The Bertz CT molecular complexity index is 700. The first-order chi connectivity index (χ1) is 11.2. The molecule has 3 heteroatoms. The molecule has 0 bridgehead atoms. The first-order valence-corrected chi connectivity index (χ1v) is 8.71. The van der Waals surface area contributed by atoms with E-state index in [4.69, 9.17) is 0 Å². The number of benzene rings is 1. The van der Waals surface area contributed by atoms with Crippen LogP contribution in [0.4, 0.5) is 5.82 Å². The molecule has 0 amide bonds. The van der Waals surface area contributed by atoms with Gasteiger partial charge in [-0.3, -0.25) is 0 Å². The lowest BCUT2D eigenvalue weighted by Gasteiger charge is -2.33. The first kappa shape index (κ1) is 14.7. The molecular formula is C20H25N3. The quantitative estimate of drug-likeness (QED) is 0.794. The first-order valence-electron chi connectivity index (χ1n) is 8.71. The molecule has 0 atom stereocenters. The number of fused-ring (bicyclic) bond motifs is 3. The number of hydrogen-bond donors (Lipinski definition) is 1. The standard InChI is InChI=1S/C20H25N3/c1-23(2)17-9-7-16(8-10-17)22-20-19-15(11-12-21-20)13-14-5-3-4-6-18(14)19/h3-6,11-12,16-17H,7-10,13H2,1-2H3,(H,21,22). The van der Waals surface area contributed by atoms with Gasteiger partial charge in [0.25, 0.3) is 0 Å². The van der Waals surface area contributed by atoms with E-state index in [-0.39, 0.29) is 0 Å². The van der Waals surface area contributed by atoms with Crippen molar-refractivity contribution in [1.82, 2.24) is 9.88 Å². The third-order valence-electron chi connectivity index (χ3n) is 5.47. The molecule has 120 valence electrons.